The average molecular weight is 1100 g/mol. The van der Waals surface area contributed by atoms with Crippen molar-refractivity contribution in [1.82, 2.24) is 30.4 Å². The number of morpholine rings is 2. The highest BCUT2D eigenvalue weighted by Gasteiger charge is 2.47. The lowest BCUT2D eigenvalue weighted by molar-refractivity contribution is -0.140. The van der Waals surface area contributed by atoms with Gasteiger partial charge in [-0.05, 0) is 81.2 Å². The van der Waals surface area contributed by atoms with E-state index >= 15 is 0 Å². The molecule has 5 aromatic rings. The zero-order valence-electron chi connectivity index (χ0n) is 44.8. The van der Waals surface area contributed by atoms with Crippen LogP contribution in [0.25, 0.3) is 22.5 Å². The third kappa shape index (κ3) is 12.5. The molecule has 6 fully saturated rings. The summed E-state index contributed by atoms with van der Waals surface area (Å²) in [4.78, 5) is 64.3. The van der Waals surface area contributed by atoms with Gasteiger partial charge in [-0.15, -0.1) is 22.7 Å². The number of amides is 2. The fourth-order valence-electron chi connectivity index (χ4n) is 12.5. The number of hydrogen-bond donors (Lipinski definition) is 3. The van der Waals surface area contributed by atoms with E-state index in [-0.39, 0.29) is 24.4 Å². The van der Waals surface area contributed by atoms with E-state index in [9.17, 15) is 19.5 Å². The molecular formula is C60H75N9O7S2. The number of rotatable bonds is 13. The van der Waals surface area contributed by atoms with Gasteiger partial charge < -0.3 is 39.8 Å². The number of carbonyl (C=O) groups excluding carboxylic acids is 3. The molecule has 3 aromatic carbocycles. The maximum atomic E-state index is 13.6. The number of aliphatic hydroxyl groups is 1. The minimum atomic E-state index is -1.00. The summed E-state index contributed by atoms with van der Waals surface area (Å²) in [6, 6.07) is 25.8. The van der Waals surface area contributed by atoms with Gasteiger partial charge in [-0.3, -0.25) is 19.4 Å². The van der Waals surface area contributed by atoms with Gasteiger partial charge in [0, 0.05) is 97.5 Å². The number of nitrogens with one attached hydrogen (secondary N) is 2. The number of carbonyl (C=O) groups is 3. The van der Waals surface area contributed by atoms with Gasteiger partial charge in [0.25, 0.3) is 5.91 Å². The maximum absolute atomic E-state index is 13.6. The standard InChI is InChI=1S/C34H43N5O4S.C26H32N4O3S/c40-23-29(25-7-3-1-4-8-25)35-32(42)34(15-5-2-6-16-34)37-31(41)27-11-9-26(10-12-27)30-24-44-33(36-30)39-17-13-28(14-18-39)38-19-21-43-22-20-38;31-24-26(10-2-1-3-11-26)28-23(33-24)20-6-4-19(5-7-20)22-18-34-25(27-22)30-12-8-21(9-13-30)29-14-16-32-17-15-29/h1,3-4,7-12,24,28-29,40H,2,5-6,13-23H2,(H,35,42)(H,37,41);4-7,18,21H,1-3,8-17H2/t29-;/m1./s1. The van der Waals surface area contributed by atoms with Gasteiger partial charge in [0.2, 0.25) is 11.8 Å². The van der Waals surface area contributed by atoms with Gasteiger partial charge in [0.15, 0.2) is 15.8 Å². The molecule has 2 aliphatic carbocycles. The molecule has 18 heteroatoms. The SMILES string of the molecule is O=C(NC1(C(=O)N[C@H](CO)c2ccccc2)CCCCC1)c1ccc(-c2csc(N3CCC(N4CCOCC4)CC3)n2)cc1.O=C1OC(c2ccc(-c3csc(N4CCC(N5CCOCC5)CC4)n3)cc2)=NC12CCCCC2. The van der Waals surface area contributed by atoms with E-state index in [2.05, 4.69) is 53.1 Å². The molecule has 0 bridgehead atoms. The minimum absolute atomic E-state index is 0.173. The maximum Gasteiger partial charge on any atom is 0.340 e. The number of aromatic nitrogens is 2. The molecule has 4 saturated heterocycles. The molecule has 1 atom stereocenters. The smallest absolute Gasteiger partial charge is 0.340 e. The second kappa shape index (κ2) is 25.2. The van der Waals surface area contributed by atoms with Crippen molar-refractivity contribution >= 4 is 56.6 Å². The number of anilines is 2. The van der Waals surface area contributed by atoms with Crippen molar-refractivity contribution in [1.29, 1.82) is 0 Å². The monoisotopic (exact) mass is 1100 g/mol. The molecule has 414 valence electrons. The topological polar surface area (TPSA) is 174 Å². The lowest BCUT2D eigenvalue weighted by Gasteiger charge is -2.40. The number of cyclic esters (lactones) is 1. The zero-order chi connectivity index (χ0) is 53.3. The Morgan fingerprint density at radius 2 is 1.12 bits per heavy atom. The number of hydrogen-bond acceptors (Lipinski definition) is 16. The summed E-state index contributed by atoms with van der Waals surface area (Å²) in [6.45, 7) is 11.5. The normalized spacial score (nSPS) is 21.8. The van der Waals surface area contributed by atoms with Crippen LogP contribution in [0.1, 0.15) is 117 Å². The summed E-state index contributed by atoms with van der Waals surface area (Å²) in [7, 11) is 0. The van der Waals surface area contributed by atoms with Crippen LogP contribution in [-0.4, -0.2) is 157 Å². The van der Waals surface area contributed by atoms with Crippen LogP contribution in [0.15, 0.2) is 94.6 Å². The summed E-state index contributed by atoms with van der Waals surface area (Å²) >= 11 is 3.39. The van der Waals surface area contributed by atoms with Crippen LogP contribution in [0, 0.1) is 0 Å². The lowest BCUT2D eigenvalue weighted by atomic mass is 9.80. The number of esters is 1. The van der Waals surface area contributed by atoms with E-state index in [1.54, 1.807) is 22.7 Å². The van der Waals surface area contributed by atoms with Crippen LogP contribution in [0.3, 0.4) is 0 Å². The van der Waals surface area contributed by atoms with Gasteiger partial charge >= 0.3 is 5.97 Å². The summed E-state index contributed by atoms with van der Waals surface area (Å²) in [5.41, 5.74) is 4.51. The average Bonchev–Trinajstić information content (AvgIpc) is 4.33. The highest BCUT2D eigenvalue weighted by molar-refractivity contribution is 7.14. The Kier molecular flexibility index (Phi) is 17.6. The summed E-state index contributed by atoms with van der Waals surface area (Å²) in [5, 5.41) is 22.5. The first-order chi connectivity index (χ1) is 38.2. The van der Waals surface area contributed by atoms with Gasteiger partial charge in [-0.1, -0.05) is 93.1 Å². The van der Waals surface area contributed by atoms with Crippen LogP contribution in [-0.2, 0) is 23.8 Å². The fraction of sp³-hybridized carbons (Fsp3) is 0.533. The zero-order valence-corrected chi connectivity index (χ0v) is 46.5. The number of aliphatic imine (C=N–C) groups is 1. The van der Waals surface area contributed by atoms with Gasteiger partial charge in [-0.2, -0.15) is 0 Å². The fourth-order valence-corrected chi connectivity index (χ4v) is 14.3. The largest absolute Gasteiger partial charge is 0.405 e. The van der Waals surface area contributed by atoms with E-state index in [1.807, 2.05) is 66.7 Å². The molecule has 1 spiro atoms. The van der Waals surface area contributed by atoms with Gasteiger partial charge in [0.05, 0.1) is 50.5 Å². The molecule has 0 radical (unpaired) electrons. The van der Waals surface area contributed by atoms with E-state index < -0.39 is 17.1 Å². The summed E-state index contributed by atoms with van der Waals surface area (Å²) in [6.07, 6.45) is 13.4. The van der Waals surface area contributed by atoms with Crippen molar-refractivity contribution in [3.8, 4) is 22.5 Å². The lowest BCUT2D eigenvalue weighted by Crippen LogP contribution is -2.60. The first-order valence-electron chi connectivity index (χ1n) is 28.6. The highest BCUT2D eigenvalue weighted by Crippen LogP contribution is 2.38. The van der Waals surface area contributed by atoms with Gasteiger partial charge in [-0.25, -0.2) is 19.8 Å². The Balaban J connectivity index is 0.000000171. The molecule has 0 unspecified atom stereocenters. The van der Waals surface area contributed by atoms with Crippen molar-refractivity contribution in [3.05, 3.63) is 106 Å². The van der Waals surface area contributed by atoms with Crippen LogP contribution < -0.4 is 20.4 Å². The predicted molar refractivity (Wildman–Crippen MR) is 306 cm³/mol. The van der Waals surface area contributed by atoms with Crippen LogP contribution in [0.5, 0.6) is 0 Å². The number of piperidine rings is 2. The van der Waals surface area contributed by atoms with E-state index in [0.717, 1.165) is 180 Å². The minimum Gasteiger partial charge on any atom is -0.405 e. The molecule has 5 aliphatic heterocycles. The van der Waals surface area contributed by atoms with Crippen LogP contribution in [0.2, 0.25) is 0 Å². The Hall–Kier alpha value is -5.60. The number of aliphatic hydroxyl groups excluding tert-OH is 1. The molecule has 78 heavy (non-hydrogen) atoms. The first-order valence-corrected chi connectivity index (χ1v) is 30.4. The first kappa shape index (κ1) is 54.4. The number of benzene rings is 3. The third-order valence-corrected chi connectivity index (χ3v) is 19.0. The Bertz CT molecular complexity index is 2800. The number of nitrogens with zero attached hydrogens (tertiary/aromatic N) is 7. The molecule has 3 N–H and O–H groups in total. The Morgan fingerprint density at radius 3 is 1.63 bits per heavy atom. The number of ether oxygens (including phenoxy) is 3. The van der Waals surface area contributed by atoms with Crippen molar-refractivity contribution in [2.24, 2.45) is 4.99 Å². The van der Waals surface area contributed by atoms with Crippen molar-refractivity contribution < 1.29 is 33.7 Å². The third-order valence-electron chi connectivity index (χ3n) is 17.2. The van der Waals surface area contributed by atoms with Crippen molar-refractivity contribution in [3.63, 3.8) is 0 Å². The summed E-state index contributed by atoms with van der Waals surface area (Å²) in [5.74, 6) is -0.210. The molecule has 2 aromatic heterocycles. The van der Waals surface area contributed by atoms with E-state index in [1.165, 1.54) is 19.3 Å². The molecule has 2 amide bonds. The van der Waals surface area contributed by atoms with E-state index in [4.69, 9.17) is 29.2 Å². The van der Waals surface area contributed by atoms with Gasteiger partial charge in [0.1, 0.15) is 5.54 Å². The molecule has 7 heterocycles. The quantitative estimate of drug-likeness (QED) is 0.0959. The molecule has 12 rings (SSSR count). The second-order valence-corrected chi connectivity index (χ2v) is 23.7. The number of thiazole rings is 2. The predicted octanol–water partition coefficient (Wildman–Crippen LogP) is 8.51. The van der Waals surface area contributed by atoms with Crippen molar-refractivity contribution in [2.75, 3.05) is 95.2 Å². The summed E-state index contributed by atoms with van der Waals surface area (Å²) < 4.78 is 16.6. The molecule has 2 saturated carbocycles. The van der Waals surface area contributed by atoms with Crippen molar-refractivity contribution in [2.45, 2.75) is 119 Å². The molecule has 16 nitrogen and oxygen atoms in total. The highest BCUT2D eigenvalue weighted by atomic mass is 32.1. The van der Waals surface area contributed by atoms with E-state index in [0.29, 0.717) is 36.4 Å². The Morgan fingerprint density at radius 1 is 0.628 bits per heavy atom. The second-order valence-electron chi connectivity index (χ2n) is 22.0. The van der Waals surface area contributed by atoms with Crippen LogP contribution in [0.4, 0.5) is 10.3 Å². The Labute approximate surface area is 466 Å². The molecule has 7 aliphatic rings. The van der Waals surface area contributed by atoms with Crippen LogP contribution >= 0.6 is 22.7 Å². The molecular weight excluding hydrogens is 1020 g/mol.